The summed E-state index contributed by atoms with van der Waals surface area (Å²) in [6.45, 7) is 5.14. The number of nitrogens with two attached hydrogens (primary N) is 1. The van der Waals surface area contributed by atoms with E-state index < -0.39 is 0 Å². The number of rotatable bonds is 3. The van der Waals surface area contributed by atoms with Crippen LogP contribution in [0.15, 0.2) is 4.99 Å². The molecule has 88 valence electrons. The Morgan fingerprint density at radius 1 is 1.27 bits per heavy atom. The summed E-state index contributed by atoms with van der Waals surface area (Å²) in [5.74, 6) is 1.22. The van der Waals surface area contributed by atoms with Gasteiger partial charge in [-0.2, -0.15) is 0 Å². The number of hydrogen-bond acceptors (Lipinski definition) is 1. The zero-order valence-corrected chi connectivity index (χ0v) is 10.1. The molecule has 0 unspecified atom stereocenters. The van der Waals surface area contributed by atoms with Gasteiger partial charge in [-0.1, -0.05) is 39.5 Å². The van der Waals surface area contributed by atoms with Crippen molar-refractivity contribution < 1.29 is 0 Å². The van der Waals surface area contributed by atoms with Crippen molar-refractivity contribution in [3.8, 4) is 0 Å². The van der Waals surface area contributed by atoms with Crippen molar-refractivity contribution in [2.75, 3.05) is 6.54 Å². The maximum Gasteiger partial charge on any atom is 0.188 e. The highest BCUT2D eigenvalue weighted by atomic mass is 15.1. The van der Waals surface area contributed by atoms with Gasteiger partial charge in [-0.05, 0) is 18.8 Å². The van der Waals surface area contributed by atoms with Crippen LogP contribution in [0.4, 0.5) is 0 Å². The third-order valence-electron chi connectivity index (χ3n) is 2.83. The van der Waals surface area contributed by atoms with E-state index in [4.69, 9.17) is 5.73 Å². The summed E-state index contributed by atoms with van der Waals surface area (Å²) >= 11 is 0. The Hall–Kier alpha value is -0.730. The van der Waals surface area contributed by atoms with Crippen LogP contribution >= 0.6 is 0 Å². The fourth-order valence-electron chi connectivity index (χ4n) is 1.96. The summed E-state index contributed by atoms with van der Waals surface area (Å²) in [6.07, 6.45) is 7.91. The summed E-state index contributed by atoms with van der Waals surface area (Å²) in [5.41, 5.74) is 5.84. The van der Waals surface area contributed by atoms with E-state index >= 15 is 0 Å². The van der Waals surface area contributed by atoms with Gasteiger partial charge in [0.15, 0.2) is 5.96 Å². The van der Waals surface area contributed by atoms with Crippen LogP contribution in [0.5, 0.6) is 0 Å². The molecule has 0 aliphatic heterocycles. The van der Waals surface area contributed by atoms with E-state index in [1.54, 1.807) is 0 Å². The second-order valence-electron chi connectivity index (χ2n) is 4.95. The number of aliphatic imine (C=N–C) groups is 1. The van der Waals surface area contributed by atoms with Gasteiger partial charge in [0.1, 0.15) is 0 Å². The smallest absolute Gasteiger partial charge is 0.188 e. The monoisotopic (exact) mass is 211 g/mol. The van der Waals surface area contributed by atoms with Crippen molar-refractivity contribution >= 4 is 5.96 Å². The van der Waals surface area contributed by atoms with Gasteiger partial charge in [0, 0.05) is 12.6 Å². The van der Waals surface area contributed by atoms with Gasteiger partial charge in [0.25, 0.3) is 0 Å². The molecule has 1 rings (SSSR count). The molecule has 1 fully saturated rings. The molecule has 3 heteroatoms. The van der Waals surface area contributed by atoms with E-state index in [9.17, 15) is 0 Å². The van der Waals surface area contributed by atoms with E-state index in [0.717, 1.165) is 6.54 Å². The first kappa shape index (κ1) is 12.3. The molecule has 0 aromatic heterocycles. The van der Waals surface area contributed by atoms with Gasteiger partial charge in [0.05, 0.1) is 0 Å². The van der Waals surface area contributed by atoms with E-state index in [2.05, 4.69) is 24.2 Å². The highest BCUT2D eigenvalue weighted by Gasteiger charge is 2.11. The minimum atomic E-state index is 0.559. The molecular weight excluding hydrogens is 186 g/mol. The Morgan fingerprint density at radius 3 is 2.40 bits per heavy atom. The van der Waals surface area contributed by atoms with Crippen LogP contribution in [-0.4, -0.2) is 18.5 Å². The Labute approximate surface area is 93.5 Å². The highest BCUT2D eigenvalue weighted by Crippen LogP contribution is 2.16. The zero-order valence-electron chi connectivity index (χ0n) is 10.1. The normalized spacial score (nSPS) is 20.3. The summed E-state index contributed by atoms with van der Waals surface area (Å²) in [5, 5.41) is 3.34. The van der Waals surface area contributed by atoms with E-state index in [1.807, 2.05) is 0 Å². The minimum Gasteiger partial charge on any atom is -0.370 e. The van der Waals surface area contributed by atoms with Crippen molar-refractivity contribution in [1.29, 1.82) is 0 Å². The molecule has 3 nitrogen and oxygen atoms in total. The van der Waals surface area contributed by atoms with E-state index in [-0.39, 0.29) is 0 Å². The van der Waals surface area contributed by atoms with Crippen molar-refractivity contribution in [3.05, 3.63) is 0 Å². The van der Waals surface area contributed by atoms with E-state index in [0.29, 0.717) is 17.9 Å². The largest absolute Gasteiger partial charge is 0.370 e. The maximum atomic E-state index is 5.84. The van der Waals surface area contributed by atoms with Crippen LogP contribution in [0.25, 0.3) is 0 Å². The molecule has 3 N–H and O–H groups in total. The molecule has 1 aliphatic rings. The molecule has 0 spiro atoms. The first-order valence-electron chi connectivity index (χ1n) is 6.25. The lowest BCUT2D eigenvalue weighted by atomic mass is 10.1. The van der Waals surface area contributed by atoms with Crippen LogP contribution in [0.1, 0.15) is 52.4 Å². The van der Waals surface area contributed by atoms with Crippen molar-refractivity contribution in [3.63, 3.8) is 0 Å². The molecule has 0 aromatic rings. The Kier molecular flexibility index (Phi) is 5.51. The summed E-state index contributed by atoms with van der Waals surface area (Å²) in [4.78, 5) is 4.33. The molecule has 1 aliphatic carbocycles. The van der Waals surface area contributed by atoms with Crippen LogP contribution < -0.4 is 11.1 Å². The lowest BCUT2D eigenvalue weighted by Gasteiger charge is -2.16. The van der Waals surface area contributed by atoms with Crippen LogP contribution in [-0.2, 0) is 0 Å². The maximum absolute atomic E-state index is 5.84. The zero-order chi connectivity index (χ0) is 11.1. The molecule has 0 bridgehead atoms. The number of nitrogens with one attached hydrogen (secondary N) is 1. The SMILES string of the molecule is CC(C)CN=C(N)NC1CCCCCC1. The van der Waals surface area contributed by atoms with Crippen molar-refractivity contribution in [1.82, 2.24) is 5.32 Å². The fraction of sp³-hybridized carbons (Fsp3) is 0.917. The van der Waals surface area contributed by atoms with Crippen LogP contribution in [0.3, 0.4) is 0 Å². The first-order valence-corrected chi connectivity index (χ1v) is 6.25. The topological polar surface area (TPSA) is 50.4 Å². The van der Waals surface area contributed by atoms with Crippen LogP contribution in [0, 0.1) is 5.92 Å². The molecule has 0 radical (unpaired) electrons. The Morgan fingerprint density at radius 2 is 1.87 bits per heavy atom. The lowest BCUT2D eigenvalue weighted by molar-refractivity contribution is 0.528. The van der Waals surface area contributed by atoms with Gasteiger partial charge >= 0.3 is 0 Å². The van der Waals surface area contributed by atoms with Gasteiger partial charge < -0.3 is 11.1 Å². The third-order valence-corrected chi connectivity index (χ3v) is 2.83. The van der Waals surface area contributed by atoms with Gasteiger partial charge in [-0.25, -0.2) is 0 Å². The van der Waals surface area contributed by atoms with E-state index in [1.165, 1.54) is 38.5 Å². The lowest BCUT2D eigenvalue weighted by Crippen LogP contribution is -2.40. The summed E-state index contributed by atoms with van der Waals surface area (Å²) in [6, 6.07) is 0.559. The third kappa shape index (κ3) is 5.65. The molecule has 0 aromatic carbocycles. The molecule has 0 heterocycles. The molecule has 15 heavy (non-hydrogen) atoms. The summed E-state index contributed by atoms with van der Waals surface area (Å²) in [7, 11) is 0. The molecule has 1 saturated carbocycles. The fourth-order valence-corrected chi connectivity index (χ4v) is 1.96. The number of hydrogen-bond donors (Lipinski definition) is 2. The van der Waals surface area contributed by atoms with Gasteiger partial charge in [-0.3, -0.25) is 4.99 Å². The average molecular weight is 211 g/mol. The number of nitrogens with zero attached hydrogens (tertiary/aromatic N) is 1. The minimum absolute atomic E-state index is 0.559. The molecule has 0 saturated heterocycles. The van der Waals surface area contributed by atoms with Crippen molar-refractivity contribution in [2.45, 2.75) is 58.4 Å². The second-order valence-corrected chi connectivity index (χ2v) is 4.95. The quantitative estimate of drug-likeness (QED) is 0.427. The van der Waals surface area contributed by atoms with Gasteiger partial charge in [-0.15, -0.1) is 0 Å². The Balaban J connectivity index is 2.28. The summed E-state index contributed by atoms with van der Waals surface area (Å²) < 4.78 is 0. The standard InChI is InChI=1S/C12H25N3/c1-10(2)9-14-12(13)15-11-7-5-3-4-6-8-11/h10-11H,3-9H2,1-2H3,(H3,13,14,15). The highest BCUT2D eigenvalue weighted by molar-refractivity contribution is 5.78. The second kappa shape index (κ2) is 6.70. The Bertz CT molecular complexity index is 191. The average Bonchev–Trinajstić information content (AvgIpc) is 2.43. The van der Waals surface area contributed by atoms with Crippen LogP contribution in [0.2, 0.25) is 0 Å². The van der Waals surface area contributed by atoms with Crippen molar-refractivity contribution in [2.24, 2.45) is 16.6 Å². The molecular formula is C12H25N3. The molecule has 0 atom stereocenters. The van der Waals surface area contributed by atoms with Gasteiger partial charge in [0.2, 0.25) is 0 Å². The number of guanidine groups is 1. The predicted octanol–water partition coefficient (Wildman–Crippen LogP) is 2.27. The molecule has 0 amide bonds. The predicted molar refractivity (Wildman–Crippen MR) is 66.0 cm³/mol. The first-order chi connectivity index (χ1) is 7.18.